The van der Waals surface area contributed by atoms with E-state index in [2.05, 4.69) is 72.9 Å². The fraction of sp³-hybridized carbons (Fsp3) is 0.256. The first-order valence-electron chi connectivity index (χ1n) is 15.8. The van der Waals surface area contributed by atoms with Crippen LogP contribution < -0.4 is 24.3 Å². The van der Waals surface area contributed by atoms with Crippen molar-refractivity contribution in [3.63, 3.8) is 0 Å². The molecule has 0 aliphatic rings. The smallest absolute Gasteiger partial charge is 0.132 e. The van der Waals surface area contributed by atoms with E-state index in [1.807, 2.05) is 64.1 Å². The minimum Gasteiger partial charge on any atom is -0.494 e. The number of aromatic nitrogens is 1. The Morgan fingerprint density at radius 2 is 0.956 bits per heavy atom. The molecule has 6 nitrogen and oxygen atoms in total. The highest BCUT2D eigenvalue weighted by Gasteiger charge is 2.17. The summed E-state index contributed by atoms with van der Waals surface area (Å²) in [6.07, 6.45) is 1.02. The third-order valence-electron chi connectivity index (χ3n) is 7.37. The predicted molar refractivity (Wildman–Crippen MR) is 184 cm³/mol. The Labute approximate surface area is 267 Å². The van der Waals surface area contributed by atoms with Gasteiger partial charge in [0.05, 0.1) is 37.8 Å². The Morgan fingerprint density at radius 3 is 1.40 bits per heavy atom. The minimum atomic E-state index is 0.526. The van der Waals surface area contributed by atoms with Crippen molar-refractivity contribution in [3.05, 3.63) is 103 Å². The molecule has 1 N–H and O–H groups in total. The summed E-state index contributed by atoms with van der Waals surface area (Å²) in [7, 11) is 0. The molecule has 45 heavy (non-hydrogen) atoms. The Kier molecular flexibility index (Phi) is 10.6. The van der Waals surface area contributed by atoms with Crippen LogP contribution in [-0.2, 0) is 6.42 Å². The molecular formula is C39H42N2O4. The van der Waals surface area contributed by atoms with Gasteiger partial charge in [0.15, 0.2) is 0 Å². The standard InChI is InChI=1S/C39H42N2O4/c1-6-27-11-15-30(16-12-27)40-31-17-13-28(14-18-31)29-23-36(34-21-19-32(42-7-2)25-38(34)44-9-4)41-37(24-29)35-22-20-33(43-8-3)26-39(35)45-10-5/h11-26,40H,6-10H2,1-5H3. The summed E-state index contributed by atoms with van der Waals surface area (Å²) in [4.78, 5) is 5.17. The molecule has 0 atom stereocenters. The molecule has 0 saturated carbocycles. The molecule has 6 heteroatoms. The van der Waals surface area contributed by atoms with Crippen molar-refractivity contribution < 1.29 is 18.9 Å². The normalized spacial score (nSPS) is 10.8. The van der Waals surface area contributed by atoms with Crippen molar-refractivity contribution in [2.75, 3.05) is 31.7 Å². The number of hydrogen-bond acceptors (Lipinski definition) is 6. The molecule has 0 unspecified atom stereocenters. The lowest BCUT2D eigenvalue weighted by atomic mass is 9.99. The summed E-state index contributed by atoms with van der Waals surface area (Å²) in [5, 5.41) is 3.51. The van der Waals surface area contributed by atoms with E-state index in [-0.39, 0.29) is 0 Å². The van der Waals surface area contributed by atoms with Crippen molar-refractivity contribution in [2.24, 2.45) is 0 Å². The number of benzene rings is 4. The van der Waals surface area contributed by atoms with Gasteiger partial charge in [-0.1, -0.05) is 31.2 Å². The molecule has 0 spiro atoms. The average molecular weight is 603 g/mol. The monoisotopic (exact) mass is 602 g/mol. The van der Waals surface area contributed by atoms with Crippen LogP contribution in [0.1, 0.15) is 40.2 Å². The van der Waals surface area contributed by atoms with Crippen LogP contribution in [0.25, 0.3) is 33.6 Å². The van der Waals surface area contributed by atoms with Crippen molar-refractivity contribution in [2.45, 2.75) is 41.0 Å². The minimum absolute atomic E-state index is 0.526. The second-order valence-electron chi connectivity index (χ2n) is 10.4. The number of nitrogens with one attached hydrogen (secondary N) is 1. The van der Waals surface area contributed by atoms with Gasteiger partial charge in [-0.15, -0.1) is 0 Å². The molecule has 5 rings (SSSR count). The number of nitrogens with zero attached hydrogens (tertiary/aromatic N) is 1. The van der Waals surface area contributed by atoms with E-state index in [0.29, 0.717) is 26.4 Å². The van der Waals surface area contributed by atoms with Gasteiger partial charge >= 0.3 is 0 Å². The Morgan fingerprint density at radius 1 is 0.489 bits per heavy atom. The summed E-state index contributed by atoms with van der Waals surface area (Å²) in [5.41, 5.74) is 8.87. The van der Waals surface area contributed by atoms with Gasteiger partial charge in [0.2, 0.25) is 0 Å². The van der Waals surface area contributed by atoms with Gasteiger partial charge in [0.1, 0.15) is 23.0 Å². The first kappa shape index (κ1) is 31.5. The van der Waals surface area contributed by atoms with Crippen molar-refractivity contribution in [3.8, 4) is 56.6 Å². The first-order valence-corrected chi connectivity index (χ1v) is 15.8. The van der Waals surface area contributed by atoms with Crippen LogP contribution in [-0.4, -0.2) is 31.4 Å². The van der Waals surface area contributed by atoms with Crippen LogP contribution in [0.2, 0.25) is 0 Å². The van der Waals surface area contributed by atoms with Gasteiger partial charge in [-0.2, -0.15) is 0 Å². The molecule has 0 aliphatic carbocycles. The molecule has 0 amide bonds. The van der Waals surface area contributed by atoms with E-state index in [9.17, 15) is 0 Å². The van der Waals surface area contributed by atoms with Crippen molar-refractivity contribution in [1.29, 1.82) is 0 Å². The number of hydrogen-bond donors (Lipinski definition) is 1. The number of aryl methyl sites for hydroxylation is 1. The maximum Gasteiger partial charge on any atom is 0.132 e. The van der Waals surface area contributed by atoms with Crippen molar-refractivity contribution >= 4 is 11.4 Å². The molecule has 1 aromatic heterocycles. The summed E-state index contributed by atoms with van der Waals surface area (Å²) in [5.74, 6) is 2.98. The SMILES string of the molecule is CCOc1ccc(-c2cc(-c3ccc(Nc4ccc(CC)cc4)cc3)cc(-c3ccc(OCC)cc3OCC)n2)c(OCC)c1. The average Bonchev–Trinajstić information content (AvgIpc) is 3.06. The number of anilines is 2. The quantitative estimate of drug-likeness (QED) is 0.136. The van der Waals surface area contributed by atoms with Crippen LogP contribution in [0.4, 0.5) is 11.4 Å². The fourth-order valence-corrected chi connectivity index (χ4v) is 5.20. The lowest BCUT2D eigenvalue weighted by Crippen LogP contribution is -2.00. The van der Waals surface area contributed by atoms with Crippen LogP contribution in [0.5, 0.6) is 23.0 Å². The molecule has 0 fully saturated rings. The summed E-state index contributed by atoms with van der Waals surface area (Å²) >= 11 is 0. The highest BCUT2D eigenvalue weighted by molar-refractivity contribution is 5.81. The third-order valence-corrected chi connectivity index (χ3v) is 7.37. The Balaban J connectivity index is 1.60. The topological polar surface area (TPSA) is 61.8 Å². The van der Waals surface area contributed by atoms with E-state index < -0.39 is 0 Å². The Hall–Kier alpha value is -4.97. The first-order chi connectivity index (χ1) is 22.0. The largest absolute Gasteiger partial charge is 0.494 e. The Bertz CT molecular complexity index is 1620. The lowest BCUT2D eigenvalue weighted by Gasteiger charge is -2.17. The number of pyridine rings is 1. The zero-order valence-corrected chi connectivity index (χ0v) is 26.9. The molecule has 0 radical (unpaired) electrons. The van der Waals surface area contributed by atoms with E-state index in [1.165, 1.54) is 5.56 Å². The van der Waals surface area contributed by atoms with Gasteiger partial charge < -0.3 is 24.3 Å². The highest BCUT2D eigenvalue weighted by atomic mass is 16.5. The van der Waals surface area contributed by atoms with E-state index in [4.69, 9.17) is 23.9 Å². The van der Waals surface area contributed by atoms with Crippen LogP contribution in [0, 0.1) is 0 Å². The van der Waals surface area contributed by atoms with Crippen LogP contribution in [0.15, 0.2) is 97.1 Å². The highest BCUT2D eigenvalue weighted by Crippen LogP contribution is 2.39. The molecular weight excluding hydrogens is 560 g/mol. The zero-order chi connectivity index (χ0) is 31.6. The molecule has 4 aromatic carbocycles. The van der Waals surface area contributed by atoms with E-state index >= 15 is 0 Å². The number of rotatable bonds is 14. The van der Waals surface area contributed by atoms with Crippen LogP contribution in [0.3, 0.4) is 0 Å². The molecule has 0 aliphatic heterocycles. The second-order valence-corrected chi connectivity index (χ2v) is 10.4. The van der Waals surface area contributed by atoms with Crippen molar-refractivity contribution in [1.82, 2.24) is 4.98 Å². The number of ether oxygens (including phenoxy) is 4. The molecule has 0 bridgehead atoms. The van der Waals surface area contributed by atoms with E-state index in [0.717, 1.165) is 74.4 Å². The van der Waals surface area contributed by atoms with Gasteiger partial charge in [0.25, 0.3) is 0 Å². The lowest BCUT2D eigenvalue weighted by molar-refractivity contribution is 0.323. The van der Waals surface area contributed by atoms with Gasteiger partial charge in [-0.25, -0.2) is 4.98 Å². The summed E-state index contributed by atoms with van der Waals surface area (Å²) in [6.45, 7) is 12.3. The van der Waals surface area contributed by atoms with E-state index in [1.54, 1.807) is 0 Å². The van der Waals surface area contributed by atoms with Gasteiger partial charge in [-0.3, -0.25) is 0 Å². The molecule has 5 aromatic rings. The third kappa shape index (κ3) is 7.76. The fourth-order valence-electron chi connectivity index (χ4n) is 5.20. The van der Waals surface area contributed by atoms with Gasteiger partial charge in [-0.05, 0) is 111 Å². The summed E-state index contributed by atoms with van der Waals surface area (Å²) < 4.78 is 23.7. The van der Waals surface area contributed by atoms with Gasteiger partial charge in [0, 0.05) is 34.6 Å². The zero-order valence-electron chi connectivity index (χ0n) is 26.9. The molecule has 1 heterocycles. The maximum absolute atomic E-state index is 6.09. The van der Waals surface area contributed by atoms with Crippen LogP contribution >= 0.6 is 0 Å². The maximum atomic E-state index is 6.09. The second kappa shape index (κ2) is 15.2. The molecule has 0 saturated heterocycles. The summed E-state index contributed by atoms with van der Waals surface area (Å²) in [6, 6.07) is 33.1. The predicted octanol–water partition coefficient (Wildman–Crippen LogP) is 9.98. The molecule has 232 valence electrons.